The monoisotopic (exact) mass is 557 g/mol. The van der Waals surface area contributed by atoms with Gasteiger partial charge in [-0.3, -0.25) is 23.7 Å². The maximum Gasteiger partial charge on any atom is 0.459 e. The Balaban J connectivity index is 1.53. The minimum Gasteiger partial charge on any atom is -0.459 e. The number of aromatic amines is 1. The number of aromatic nitrogens is 2. The van der Waals surface area contributed by atoms with Crippen LogP contribution in [0.3, 0.4) is 0 Å². The lowest BCUT2D eigenvalue weighted by atomic mass is 10.2. The van der Waals surface area contributed by atoms with Crippen LogP contribution in [0.2, 0.25) is 0 Å². The summed E-state index contributed by atoms with van der Waals surface area (Å²) >= 11 is 0. The predicted octanol–water partition coefficient (Wildman–Crippen LogP) is 1.84. The van der Waals surface area contributed by atoms with Gasteiger partial charge in [-0.1, -0.05) is 25.1 Å². The van der Waals surface area contributed by atoms with Crippen molar-refractivity contribution in [3.05, 3.63) is 63.2 Å². The summed E-state index contributed by atoms with van der Waals surface area (Å²) in [5, 5.41) is 2.79. The van der Waals surface area contributed by atoms with Gasteiger partial charge < -0.3 is 23.5 Å². The molecule has 208 valence electrons. The number of carbonyl (C=O) groups excluding carboxylic acids is 1. The Morgan fingerprint density at radius 1 is 1.26 bits per heavy atom. The summed E-state index contributed by atoms with van der Waals surface area (Å²) < 4.78 is 62.2. The van der Waals surface area contributed by atoms with Crippen molar-refractivity contribution in [2.45, 2.75) is 57.5 Å². The first-order chi connectivity index (χ1) is 18.2. The molecule has 38 heavy (non-hydrogen) atoms. The molecule has 0 radical (unpaired) electrons. The molecule has 0 saturated carbocycles. The molecule has 2 aliphatic heterocycles. The maximum absolute atomic E-state index is 13.9. The van der Waals surface area contributed by atoms with E-state index in [2.05, 4.69) is 5.09 Å². The standard InChI is InChI=1S/C23H29FN3O10P/c1-3-20(28)36-17-11-19(27-12-16(24)21(29)25-23(27)30)35-18(17)13-34-38(31,37-15-7-5-4-6-8-15)26-14(2)22-32-9-10-33-22/h4-8,12,14,17-19,22H,3,9-11,13H2,1-2H3,(H,26,31)(H,25,29,30)/t14-,17?,18?,19?,38?/m0/s1. The number of hydrogen-bond acceptors (Lipinski definition) is 10. The zero-order valence-electron chi connectivity index (χ0n) is 20.7. The number of rotatable bonds is 11. The number of esters is 1. The molecule has 0 amide bonds. The zero-order chi connectivity index (χ0) is 27.3. The fraction of sp³-hybridized carbons (Fsp3) is 0.522. The summed E-state index contributed by atoms with van der Waals surface area (Å²) in [6.45, 7) is 3.66. The highest BCUT2D eigenvalue weighted by Crippen LogP contribution is 2.46. The highest BCUT2D eigenvalue weighted by Gasteiger charge is 2.42. The van der Waals surface area contributed by atoms with E-state index in [4.69, 9.17) is 28.0 Å². The third-order valence-electron chi connectivity index (χ3n) is 5.78. The topological polar surface area (TPSA) is 156 Å². The molecule has 2 fully saturated rings. The van der Waals surface area contributed by atoms with Crippen molar-refractivity contribution in [1.82, 2.24) is 14.6 Å². The Labute approximate surface area is 216 Å². The molecule has 0 spiro atoms. The van der Waals surface area contributed by atoms with Gasteiger partial charge in [-0.25, -0.2) is 14.4 Å². The van der Waals surface area contributed by atoms with Crippen LogP contribution in [0.15, 0.2) is 46.1 Å². The maximum atomic E-state index is 13.9. The number of H-pyrrole nitrogens is 1. The van der Waals surface area contributed by atoms with Crippen molar-refractivity contribution in [2.75, 3.05) is 19.8 Å². The van der Waals surface area contributed by atoms with Gasteiger partial charge in [-0.05, 0) is 19.1 Å². The Morgan fingerprint density at radius 2 is 1.97 bits per heavy atom. The van der Waals surface area contributed by atoms with Crippen LogP contribution < -0.4 is 20.9 Å². The SMILES string of the molecule is CCC(=O)OC1CC(n2cc(F)c(=O)[nH]c2=O)OC1COP(=O)(N[C@@H](C)C1OCCO1)Oc1ccccc1. The molecule has 15 heteroatoms. The normalized spacial score (nSPS) is 24.1. The van der Waals surface area contributed by atoms with Crippen LogP contribution in [0.4, 0.5) is 4.39 Å². The van der Waals surface area contributed by atoms with Gasteiger partial charge in [0.2, 0.25) is 5.82 Å². The van der Waals surface area contributed by atoms with Crippen LogP contribution in [0, 0.1) is 5.82 Å². The highest BCUT2D eigenvalue weighted by molar-refractivity contribution is 7.52. The van der Waals surface area contributed by atoms with E-state index in [0.29, 0.717) is 19.4 Å². The number of carbonyl (C=O) groups is 1. The molecule has 2 saturated heterocycles. The minimum absolute atomic E-state index is 0.0530. The van der Waals surface area contributed by atoms with Crippen LogP contribution in [-0.4, -0.2) is 59.9 Å². The molecule has 4 unspecified atom stereocenters. The van der Waals surface area contributed by atoms with Crippen molar-refractivity contribution in [2.24, 2.45) is 0 Å². The summed E-state index contributed by atoms with van der Waals surface area (Å²) in [5.41, 5.74) is -2.08. The lowest BCUT2D eigenvalue weighted by molar-refractivity contribution is -0.152. The van der Waals surface area contributed by atoms with Gasteiger partial charge in [-0.2, -0.15) is 4.39 Å². The smallest absolute Gasteiger partial charge is 0.459 e. The Hall–Kier alpha value is -2.87. The van der Waals surface area contributed by atoms with Crippen LogP contribution in [0.25, 0.3) is 0 Å². The molecule has 0 bridgehead atoms. The average molecular weight is 557 g/mol. The fourth-order valence-corrected chi connectivity index (χ4v) is 5.47. The largest absolute Gasteiger partial charge is 0.459 e. The molecule has 2 aromatic rings. The summed E-state index contributed by atoms with van der Waals surface area (Å²) in [7, 11) is -4.09. The van der Waals surface area contributed by atoms with E-state index in [1.807, 2.05) is 4.98 Å². The quantitative estimate of drug-likeness (QED) is 0.307. The van der Waals surface area contributed by atoms with E-state index >= 15 is 0 Å². The number of benzene rings is 1. The molecule has 5 atom stereocenters. The number of nitrogens with zero attached hydrogens (tertiary/aromatic N) is 1. The number of ether oxygens (including phenoxy) is 4. The Bertz CT molecular complexity index is 1270. The van der Waals surface area contributed by atoms with Crippen molar-refractivity contribution >= 4 is 13.7 Å². The second kappa shape index (κ2) is 12.3. The molecular weight excluding hydrogens is 528 g/mol. The number of para-hydroxylation sites is 1. The molecule has 13 nitrogen and oxygen atoms in total. The molecular formula is C23H29FN3O10P. The van der Waals surface area contributed by atoms with Crippen molar-refractivity contribution < 1.29 is 41.7 Å². The van der Waals surface area contributed by atoms with Crippen LogP contribution >= 0.6 is 7.75 Å². The molecule has 4 rings (SSSR count). The molecule has 0 aliphatic carbocycles. The number of hydrogen-bond donors (Lipinski definition) is 2. The summed E-state index contributed by atoms with van der Waals surface area (Å²) in [6.07, 6.45) is -3.00. The van der Waals surface area contributed by atoms with E-state index in [1.165, 1.54) is 0 Å². The van der Waals surface area contributed by atoms with E-state index in [1.54, 1.807) is 44.2 Å². The predicted molar refractivity (Wildman–Crippen MR) is 129 cm³/mol. The first-order valence-corrected chi connectivity index (χ1v) is 13.6. The molecule has 2 N–H and O–H groups in total. The van der Waals surface area contributed by atoms with Crippen molar-refractivity contribution in [3.8, 4) is 5.75 Å². The van der Waals surface area contributed by atoms with Gasteiger partial charge in [0.25, 0.3) is 5.56 Å². The summed E-state index contributed by atoms with van der Waals surface area (Å²) in [4.78, 5) is 37.6. The molecule has 1 aromatic carbocycles. The molecule has 3 heterocycles. The van der Waals surface area contributed by atoms with Crippen molar-refractivity contribution in [3.63, 3.8) is 0 Å². The zero-order valence-corrected chi connectivity index (χ0v) is 21.6. The van der Waals surface area contributed by atoms with Gasteiger partial charge in [-0.15, -0.1) is 0 Å². The Morgan fingerprint density at radius 3 is 2.66 bits per heavy atom. The van der Waals surface area contributed by atoms with Crippen LogP contribution in [0.1, 0.15) is 32.9 Å². The fourth-order valence-electron chi connectivity index (χ4n) is 3.93. The van der Waals surface area contributed by atoms with Crippen LogP contribution in [0.5, 0.6) is 5.75 Å². The van der Waals surface area contributed by atoms with Gasteiger partial charge in [0.15, 0.2) is 6.29 Å². The first-order valence-electron chi connectivity index (χ1n) is 12.0. The van der Waals surface area contributed by atoms with Gasteiger partial charge >= 0.3 is 19.4 Å². The lowest BCUT2D eigenvalue weighted by Gasteiger charge is -2.27. The lowest BCUT2D eigenvalue weighted by Crippen LogP contribution is -2.38. The van der Waals surface area contributed by atoms with Crippen molar-refractivity contribution in [1.29, 1.82) is 0 Å². The van der Waals surface area contributed by atoms with Gasteiger partial charge in [0.1, 0.15) is 24.2 Å². The molecule has 2 aliphatic rings. The number of halogens is 1. The third-order valence-corrected chi connectivity index (χ3v) is 7.45. The van der Waals surface area contributed by atoms with Gasteiger partial charge in [0, 0.05) is 12.8 Å². The van der Waals surface area contributed by atoms with E-state index in [0.717, 1.165) is 4.57 Å². The third kappa shape index (κ3) is 6.95. The minimum atomic E-state index is -4.09. The van der Waals surface area contributed by atoms with E-state index in [9.17, 15) is 23.3 Å². The van der Waals surface area contributed by atoms with Gasteiger partial charge in [0.05, 0.1) is 32.1 Å². The average Bonchev–Trinajstić information content (AvgIpc) is 3.56. The van der Waals surface area contributed by atoms with Crippen LogP contribution in [-0.2, 0) is 32.8 Å². The number of nitrogens with one attached hydrogen (secondary N) is 2. The second-order valence-electron chi connectivity index (χ2n) is 8.62. The highest BCUT2D eigenvalue weighted by atomic mass is 31.2. The molecule has 1 aromatic heterocycles. The van der Waals surface area contributed by atoms with E-state index < -0.39 is 68.2 Å². The first kappa shape index (κ1) is 28.1. The summed E-state index contributed by atoms with van der Waals surface area (Å²) in [6, 6.07) is 7.73. The second-order valence-corrected chi connectivity index (χ2v) is 10.3. The Kier molecular flexibility index (Phi) is 9.13. The summed E-state index contributed by atoms with van der Waals surface area (Å²) in [5.74, 6) is -1.47. The van der Waals surface area contributed by atoms with E-state index in [-0.39, 0.29) is 18.6 Å².